The van der Waals surface area contributed by atoms with Crippen molar-refractivity contribution < 1.29 is 33.1 Å². The fourth-order valence-corrected chi connectivity index (χ4v) is 4.42. The zero-order valence-electron chi connectivity index (χ0n) is 24.9. The molecular formula is C30H37ClN4O7. The summed E-state index contributed by atoms with van der Waals surface area (Å²) in [5, 5.41) is 9.73. The Morgan fingerprint density at radius 1 is 1.02 bits per heavy atom. The smallest absolute Gasteiger partial charge is 0.248 e. The van der Waals surface area contributed by atoms with E-state index in [1.54, 1.807) is 43.3 Å². The number of nitrogens with one attached hydrogen (secondary N) is 2. The number of nitrogens with zero attached hydrogens (tertiary/aromatic N) is 2. The standard InChI is InChI=1S/C30H37ClN4O7/c1-8-30(3,4)33-29(38)27(20-10-9-11-23(40-6)28(20)41-7)35(21-17-19(31)12-13-22(21)39-5)26(37)15-14-25(36)32-24-16-18(2)42-34-24/h9-13,16-17,27H,8,14-15H2,1-7H3,(H,33,38)(H,32,34,36)/t27-/m0/s1. The summed E-state index contributed by atoms with van der Waals surface area (Å²) < 4.78 is 21.8. The van der Waals surface area contributed by atoms with E-state index in [1.165, 1.54) is 32.3 Å². The Kier molecular flexibility index (Phi) is 10.8. The van der Waals surface area contributed by atoms with Gasteiger partial charge in [0.1, 0.15) is 17.6 Å². The van der Waals surface area contributed by atoms with Crippen LogP contribution >= 0.6 is 11.6 Å². The number of halogens is 1. The van der Waals surface area contributed by atoms with Gasteiger partial charge in [0, 0.05) is 35.0 Å². The van der Waals surface area contributed by atoms with Crippen molar-refractivity contribution in [3.63, 3.8) is 0 Å². The van der Waals surface area contributed by atoms with Gasteiger partial charge in [-0.3, -0.25) is 19.3 Å². The molecule has 0 saturated heterocycles. The fraction of sp³-hybridized carbons (Fsp3) is 0.400. The van der Waals surface area contributed by atoms with Crippen molar-refractivity contribution in [1.29, 1.82) is 0 Å². The van der Waals surface area contributed by atoms with Crippen LogP contribution in [0, 0.1) is 6.92 Å². The topological polar surface area (TPSA) is 132 Å². The largest absolute Gasteiger partial charge is 0.495 e. The van der Waals surface area contributed by atoms with E-state index in [-0.39, 0.29) is 30.1 Å². The Hall–Kier alpha value is -4.25. The molecule has 1 aromatic heterocycles. The number of hydrogen-bond acceptors (Lipinski definition) is 8. The summed E-state index contributed by atoms with van der Waals surface area (Å²) >= 11 is 6.39. The minimum atomic E-state index is -1.26. The van der Waals surface area contributed by atoms with Gasteiger partial charge in [0.05, 0.1) is 27.0 Å². The number of aromatic nitrogens is 1. The summed E-state index contributed by atoms with van der Waals surface area (Å²) in [6, 6.07) is 10.1. The monoisotopic (exact) mass is 600 g/mol. The Morgan fingerprint density at radius 2 is 1.74 bits per heavy atom. The molecule has 0 unspecified atom stereocenters. The molecule has 3 aromatic rings. The van der Waals surface area contributed by atoms with Crippen LogP contribution in [0.2, 0.25) is 5.02 Å². The Balaban J connectivity index is 2.15. The number of amides is 3. The first-order valence-corrected chi connectivity index (χ1v) is 13.7. The number of carbonyl (C=O) groups excluding carboxylic acids is 3. The number of rotatable bonds is 13. The Bertz CT molecular complexity index is 1420. The highest BCUT2D eigenvalue weighted by Gasteiger charge is 2.38. The number of anilines is 2. The maximum atomic E-state index is 14.2. The van der Waals surface area contributed by atoms with E-state index in [1.807, 2.05) is 20.8 Å². The van der Waals surface area contributed by atoms with Gasteiger partial charge in [0.15, 0.2) is 17.3 Å². The van der Waals surface area contributed by atoms with Crippen molar-refractivity contribution >= 4 is 40.8 Å². The van der Waals surface area contributed by atoms with Crippen LogP contribution in [0.5, 0.6) is 17.2 Å². The van der Waals surface area contributed by atoms with Gasteiger partial charge in [-0.2, -0.15) is 0 Å². The highest BCUT2D eigenvalue weighted by Crippen LogP contribution is 2.42. The summed E-state index contributed by atoms with van der Waals surface area (Å²) in [6.07, 6.45) is 0.163. The molecule has 2 aromatic carbocycles. The third-order valence-electron chi connectivity index (χ3n) is 6.71. The van der Waals surface area contributed by atoms with Crippen molar-refractivity contribution in [2.24, 2.45) is 0 Å². The summed E-state index contributed by atoms with van der Waals surface area (Å²) in [4.78, 5) is 42.4. The molecule has 2 N–H and O–H groups in total. The van der Waals surface area contributed by atoms with Crippen LogP contribution in [-0.4, -0.2) is 49.7 Å². The quantitative estimate of drug-likeness (QED) is 0.264. The zero-order valence-corrected chi connectivity index (χ0v) is 25.6. The van der Waals surface area contributed by atoms with E-state index < -0.39 is 29.3 Å². The molecule has 3 amide bonds. The van der Waals surface area contributed by atoms with Gasteiger partial charge in [-0.15, -0.1) is 0 Å². The summed E-state index contributed by atoms with van der Waals surface area (Å²) in [6.45, 7) is 7.40. The molecule has 1 heterocycles. The van der Waals surface area contributed by atoms with E-state index in [4.69, 9.17) is 30.3 Å². The highest BCUT2D eigenvalue weighted by molar-refractivity contribution is 6.31. The van der Waals surface area contributed by atoms with Gasteiger partial charge in [0.2, 0.25) is 17.7 Å². The van der Waals surface area contributed by atoms with Gasteiger partial charge >= 0.3 is 0 Å². The van der Waals surface area contributed by atoms with Crippen LogP contribution < -0.4 is 29.7 Å². The normalized spacial score (nSPS) is 11.8. The Morgan fingerprint density at radius 3 is 2.33 bits per heavy atom. The van der Waals surface area contributed by atoms with E-state index in [9.17, 15) is 14.4 Å². The summed E-state index contributed by atoms with van der Waals surface area (Å²) in [5.74, 6) is 0.219. The van der Waals surface area contributed by atoms with E-state index in [2.05, 4.69) is 15.8 Å². The first-order chi connectivity index (χ1) is 19.9. The number of methoxy groups -OCH3 is 3. The zero-order chi connectivity index (χ0) is 31.0. The molecule has 0 aliphatic carbocycles. The minimum Gasteiger partial charge on any atom is -0.495 e. The number of benzene rings is 2. The number of carbonyl (C=O) groups is 3. The average molecular weight is 601 g/mol. The van der Waals surface area contributed by atoms with Crippen molar-refractivity contribution in [1.82, 2.24) is 10.5 Å². The molecule has 11 nitrogen and oxygen atoms in total. The molecule has 0 spiro atoms. The molecule has 0 saturated carbocycles. The maximum absolute atomic E-state index is 14.2. The van der Waals surface area contributed by atoms with E-state index in [0.717, 1.165) is 0 Å². The van der Waals surface area contributed by atoms with Crippen LogP contribution in [0.1, 0.15) is 57.4 Å². The molecule has 1 atom stereocenters. The van der Waals surface area contributed by atoms with Crippen LogP contribution in [-0.2, 0) is 14.4 Å². The molecule has 42 heavy (non-hydrogen) atoms. The van der Waals surface area contributed by atoms with Crippen LogP contribution in [0.15, 0.2) is 47.0 Å². The molecule has 12 heteroatoms. The molecule has 0 radical (unpaired) electrons. The van der Waals surface area contributed by atoms with E-state index in [0.29, 0.717) is 34.3 Å². The molecule has 226 valence electrons. The summed E-state index contributed by atoms with van der Waals surface area (Å²) in [5.41, 5.74) is -0.00880. The van der Waals surface area contributed by atoms with Crippen molar-refractivity contribution in [3.05, 3.63) is 58.8 Å². The second kappa shape index (κ2) is 14.1. The molecule has 0 aliphatic rings. The molecular weight excluding hydrogens is 564 g/mol. The summed E-state index contributed by atoms with van der Waals surface area (Å²) in [7, 11) is 4.38. The highest BCUT2D eigenvalue weighted by atomic mass is 35.5. The fourth-order valence-electron chi connectivity index (χ4n) is 4.26. The van der Waals surface area contributed by atoms with Crippen LogP contribution in [0.3, 0.4) is 0 Å². The number of para-hydroxylation sites is 1. The maximum Gasteiger partial charge on any atom is 0.248 e. The van der Waals surface area contributed by atoms with Gasteiger partial charge in [0.25, 0.3) is 0 Å². The second-order valence-corrected chi connectivity index (χ2v) is 10.6. The van der Waals surface area contributed by atoms with Gasteiger partial charge in [-0.25, -0.2) is 0 Å². The van der Waals surface area contributed by atoms with Crippen molar-refractivity contribution in [2.75, 3.05) is 31.5 Å². The van der Waals surface area contributed by atoms with Crippen LogP contribution in [0.25, 0.3) is 0 Å². The number of hydrogen-bond donors (Lipinski definition) is 2. The first-order valence-electron chi connectivity index (χ1n) is 13.4. The first kappa shape index (κ1) is 32.3. The SMILES string of the molecule is CCC(C)(C)NC(=O)[C@H](c1cccc(OC)c1OC)N(C(=O)CCC(=O)Nc1cc(C)on1)c1cc(Cl)ccc1OC. The van der Waals surface area contributed by atoms with Gasteiger partial charge in [-0.05, 0) is 51.5 Å². The lowest BCUT2D eigenvalue weighted by atomic mass is 9.97. The minimum absolute atomic E-state index is 0.200. The second-order valence-electron chi connectivity index (χ2n) is 10.2. The molecule has 3 rings (SSSR count). The van der Waals surface area contributed by atoms with Crippen molar-refractivity contribution in [3.8, 4) is 17.2 Å². The van der Waals surface area contributed by atoms with Crippen LogP contribution in [0.4, 0.5) is 11.5 Å². The predicted molar refractivity (Wildman–Crippen MR) is 159 cm³/mol. The lowest BCUT2D eigenvalue weighted by molar-refractivity contribution is -0.128. The van der Waals surface area contributed by atoms with Crippen molar-refractivity contribution in [2.45, 2.75) is 58.5 Å². The number of aryl methyl sites for hydroxylation is 1. The third kappa shape index (κ3) is 7.73. The Labute approximate surface area is 250 Å². The van der Waals surface area contributed by atoms with Gasteiger partial charge < -0.3 is 29.4 Å². The van der Waals surface area contributed by atoms with Gasteiger partial charge in [-0.1, -0.05) is 35.8 Å². The lowest BCUT2D eigenvalue weighted by Gasteiger charge is -2.36. The average Bonchev–Trinajstić information content (AvgIpc) is 3.37. The van der Waals surface area contributed by atoms with E-state index >= 15 is 0 Å². The predicted octanol–water partition coefficient (Wildman–Crippen LogP) is 5.46. The molecule has 0 bridgehead atoms. The number of ether oxygens (including phenoxy) is 3. The molecule has 0 aliphatic heterocycles. The third-order valence-corrected chi connectivity index (χ3v) is 6.95. The lowest BCUT2D eigenvalue weighted by Crippen LogP contribution is -2.50. The molecule has 0 fully saturated rings.